The number of phosphoric acid groups is 1. The molecule has 7 heteroatoms. The minimum absolute atomic E-state index is 0.191. The molecule has 0 aromatic rings. The van der Waals surface area contributed by atoms with E-state index in [-0.39, 0.29) is 13.2 Å². The van der Waals surface area contributed by atoms with E-state index in [2.05, 4.69) is 18.4 Å². The predicted molar refractivity (Wildman–Crippen MR) is 41.6 cm³/mol. The van der Waals surface area contributed by atoms with Crippen LogP contribution in [0.2, 0.25) is 0 Å². The van der Waals surface area contributed by atoms with Gasteiger partial charge in [0, 0.05) is 0 Å². The van der Waals surface area contributed by atoms with Gasteiger partial charge in [0.05, 0.1) is 13.2 Å². The van der Waals surface area contributed by atoms with Crippen LogP contribution in [0.5, 0.6) is 0 Å². The molecule has 0 fully saturated rings. The van der Waals surface area contributed by atoms with Crippen molar-refractivity contribution in [3.8, 4) is 0 Å². The van der Waals surface area contributed by atoms with Gasteiger partial charge in [0.15, 0.2) is 0 Å². The summed E-state index contributed by atoms with van der Waals surface area (Å²) in [6.07, 6.45) is 0.603. The third-order valence-electron chi connectivity index (χ3n) is 0.798. The number of hydrogen-bond acceptors (Lipinski definition) is 4. The molecule has 0 amide bonds. The highest BCUT2D eigenvalue weighted by Crippen LogP contribution is 2.48. The van der Waals surface area contributed by atoms with Crippen molar-refractivity contribution in [3.05, 3.63) is 5.53 Å². The Morgan fingerprint density at radius 1 is 1.42 bits per heavy atom. The Labute approximate surface area is 70.7 Å². The van der Waals surface area contributed by atoms with E-state index in [1.165, 1.54) is 0 Å². The van der Waals surface area contributed by atoms with Gasteiger partial charge in [0.25, 0.3) is 0 Å². The summed E-state index contributed by atoms with van der Waals surface area (Å²) >= 11 is 0. The van der Waals surface area contributed by atoms with Crippen LogP contribution in [-0.4, -0.2) is 24.4 Å². The highest BCUT2D eigenvalue weighted by atomic mass is 31.2. The van der Waals surface area contributed by atoms with Gasteiger partial charge in [-0.3, -0.25) is 9.05 Å². The van der Waals surface area contributed by atoms with Gasteiger partial charge in [0.1, 0.15) is 0 Å². The van der Waals surface area contributed by atoms with Gasteiger partial charge in [-0.2, -0.15) is 0 Å². The van der Waals surface area contributed by atoms with Crippen molar-refractivity contribution in [1.82, 2.24) is 0 Å². The molecular weight excluding hydrogens is 183 g/mol. The van der Waals surface area contributed by atoms with Crippen molar-refractivity contribution in [2.24, 2.45) is 0 Å². The fourth-order valence-electron chi connectivity index (χ4n) is 0.493. The van der Waals surface area contributed by atoms with Crippen LogP contribution in [0.1, 0.15) is 13.8 Å². The lowest BCUT2D eigenvalue weighted by atomic mass is 10.9. The number of nitrogens with zero attached hydrogens (tertiary/aromatic N) is 2. The highest BCUT2D eigenvalue weighted by molar-refractivity contribution is 7.49. The molecule has 0 aliphatic heterocycles. The molecule has 0 aromatic carbocycles. The molecule has 0 spiro atoms. The van der Waals surface area contributed by atoms with Crippen molar-refractivity contribution < 1.29 is 22.9 Å². The Morgan fingerprint density at radius 2 is 1.92 bits per heavy atom. The molecule has 0 heterocycles. The van der Waals surface area contributed by atoms with Gasteiger partial charge in [-0.05, 0) is 13.8 Å². The Bertz CT molecular complexity index is 203. The maximum atomic E-state index is 11.3. The molecule has 0 unspecified atom stereocenters. The zero-order chi connectivity index (χ0) is 9.45. The van der Waals surface area contributed by atoms with E-state index in [1.54, 1.807) is 13.8 Å². The molecule has 0 radical (unpaired) electrons. The molecule has 0 rings (SSSR count). The van der Waals surface area contributed by atoms with E-state index in [0.717, 1.165) is 0 Å². The smallest absolute Gasteiger partial charge is 0.358 e. The SMILES string of the molecule is CCOP(=O)(OC=[N+]=[N-])OCC. The van der Waals surface area contributed by atoms with Crippen LogP contribution < -0.4 is 0 Å². The number of rotatable bonds is 6. The van der Waals surface area contributed by atoms with Gasteiger partial charge in [-0.25, -0.2) is 4.57 Å². The molecule has 0 N–H and O–H groups in total. The zero-order valence-electron chi connectivity index (χ0n) is 6.97. The third kappa shape index (κ3) is 4.26. The first kappa shape index (κ1) is 11.3. The summed E-state index contributed by atoms with van der Waals surface area (Å²) in [5, 5.41) is 0. The Balaban J connectivity index is 4.17. The molecule has 0 aromatic heterocycles. The van der Waals surface area contributed by atoms with Crippen LogP contribution in [0.3, 0.4) is 0 Å². The predicted octanol–water partition coefficient (Wildman–Crippen LogP) is 1.44. The summed E-state index contributed by atoms with van der Waals surface area (Å²) in [6, 6.07) is 0. The topological polar surface area (TPSA) is 81.2 Å². The molecule has 0 saturated heterocycles. The minimum atomic E-state index is -3.55. The standard InChI is InChI=1S/C5H11N2O4P/c1-3-9-12(8,10-4-2)11-5-7-6/h5H,3-4H2,1-2H3. The van der Waals surface area contributed by atoms with Crippen LogP contribution in [0.15, 0.2) is 0 Å². The van der Waals surface area contributed by atoms with Gasteiger partial charge in [0.2, 0.25) is 0 Å². The van der Waals surface area contributed by atoms with Crippen LogP contribution in [0.4, 0.5) is 0 Å². The van der Waals surface area contributed by atoms with E-state index in [4.69, 9.17) is 5.53 Å². The second-order valence-electron chi connectivity index (χ2n) is 1.61. The average Bonchev–Trinajstić information content (AvgIpc) is 2.02. The quantitative estimate of drug-likeness (QED) is 0.210. The van der Waals surface area contributed by atoms with Crippen LogP contribution >= 0.6 is 7.82 Å². The van der Waals surface area contributed by atoms with Gasteiger partial charge >= 0.3 is 14.2 Å². The maximum Gasteiger partial charge on any atom is 0.534 e. The van der Waals surface area contributed by atoms with Crippen molar-refractivity contribution in [3.63, 3.8) is 0 Å². The Hall–Kier alpha value is -0.670. The summed E-state index contributed by atoms with van der Waals surface area (Å²) in [7, 11) is -3.55. The fourth-order valence-corrected chi connectivity index (χ4v) is 1.48. The lowest BCUT2D eigenvalue weighted by Crippen LogP contribution is -1.98. The molecule has 12 heavy (non-hydrogen) atoms. The van der Waals surface area contributed by atoms with Gasteiger partial charge in [-0.15, -0.1) is 4.79 Å². The van der Waals surface area contributed by atoms with E-state index in [0.29, 0.717) is 6.40 Å². The van der Waals surface area contributed by atoms with E-state index in [1.807, 2.05) is 0 Å². The molecule has 6 nitrogen and oxygen atoms in total. The van der Waals surface area contributed by atoms with Crippen molar-refractivity contribution in [2.45, 2.75) is 13.8 Å². The summed E-state index contributed by atoms with van der Waals surface area (Å²) < 4.78 is 25.1. The first-order valence-electron chi connectivity index (χ1n) is 3.42. The normalized spacial score (nSPS) is 10.5. The third-order valence-corrected chi connectivity index (χ3v) is 2.30. The molecule has 70 valence electrons. The monoisotopic (exact) mass is 194 g/mol. The van der Waals surface area contributed by atoms with Gasteiger partial charge in [-0.1, -0.05) is 0 Å². The van der Waals surface area contributed by atoms with E-state index >= 15 is 0 Å². The van der Waals surface area contributed by atoms with Crippen molar-refractivity contribution in [2.75, 3.05) is 13.2 Å². The van der Waals surface area contributed by atoms with Crippen LogP contribution in [0.25, 0.3) is 5.53 Å². The van der Waals surface area contributed by atoms with Crippen LogP contribution in [0, 0.1) is 0 Å². The maximum absolute atomic E-state index is 11.3. The van der Waals surface area contributed by atoms with Crippen molar-refractivity contribution in [1.29, 1.82) is 0 Å². The summed E-state index contributed by atoms with van der Waals surface area (Å²) in [4.78, 5) is 2.51. The first-order chi connectivity index (χ1) is 5.68. The van der Waals surface area contributed by atoms with Crippen molar-refractivity contribution >= 4 is 14.2 Å². The second-order valence-corrected chi connectivity index (χ2v) is 3.23. The molecule has 0 bridgehead atoms. The summed E-state index contributed by atoms with van der Waals surface area (Å²) in [5.74, 6) is 0. The molecular formula is C5H11N2O4P. The molecule has 0 saturated carbocycles. The lowest BCUT2D eigenvalue weighted by Gasteiger charge is -2.11. The fraction of sp³-hybridized carbons (Fsp3) is 0.800. The highest BCUT2D eigenvalue weighted by Gasteiger charge is 2.26. The molecule has 0 atom stereocenters. The van der Waals surface area contributed by atoms with E-state index < -0.39 is 7.82 Å². The molecule has 0 aliphatic rings. The molecule has 0 aliphatic carbocycles. The number of hydrogen-bond donors (Lipinski definition) is 0. The van der Waals surface area contributed by atoms with Crippen LogP contribution in [-0.2, 0) is 18.1 Å². The average molecular weight is 194 g/mol. The summed E-state index contributed by atoms with van der Waals surface area (Å²) in [5.41, 5.74) is 7.98. The van der Waals surface area contributed by atoms with Gasteiger partial charge < -0.3 is 10.1 Å². The largest absolute Gasteiger partial charge is 0.534 e. The number of phosphoric ester groups is 1. The lowest BCUT2D eigenvalue weighted by molar-refractivity contribution is -0.0192. The minimum Gasteiger partial charge on any atom is -0.358 e. The zero-order valence-corrected chi connectivity index (χ0v) is 7.86. The first-order valence-corrected chi connectivity index (χ1v) is 4.88. The Kier molecular flexibility index (Phi) is 5.58. The second kappa shape index (κ2) is 5.91. The Morgan fingerprint density at radius 3 is 2.25 bits per heavy atom. The summed E-state index contributed by atoms with van der Waals surface area (Å²) in [6.45, 7) is 3.67. The van der Waals surface area contributed by atoms with E-state index in [9.17, 15) is 4.57 Å².